The van der Waals surface area contributed by atoms with Crippen LogP contribution in [-0.4, -0.2) is 6.79 Å². The van der Waals surface area contributed by atoms with Crippen molar-refractivity contribution in [2.24, 2.45) is 5.73 Å². The van der Waals surface area contributed by atoms with Gasteiger partial charge in [0.2, 0.25) is 12.7 Å². The van der Waals surface area contributed by atoms with Gasteiger partial charge in [-0.1, -0.05) is 12.1 Å². The van der Waals surface area contributed by atoms with E-state index >= 15 is 0 Å². The first-order valence-electron chi connectivity index (χ1n) is 6.94. The number of nitriles is 1. The Labute approximate surface area is 131 Å². The Morgan fingerprint density at radius 2 is 1.78 bits per heavy atom. The summed E-state index contributed by atoms with van der Waals surface area (Å²) in [5.74, 6) is 0.890. The van der Waals surface area contributed by atoms with Gasteiger partial charge in [-0.15, -0.1) is 0 Å². The summed E-state index contributed by atoms with van der Waals surface area (Å²) in [6.45, 7) is 0.132. The number of hydrogen-bond acceptors (Lipinski definition) is 5. The van der Waals surface area contributed by atoms with Gasteiger partial charge in [-0.3, -0.25) is 0 Å². The van der Waals surface area contributed by atoms with E-state index in [9.17, 15) is 9.65 Å². The monoisotopic (exact) mass is 310 g/mol. The van der Waals surface area contributed by atoms with Gasteiger partial charge in [0.1, 0.15) is 23.2 Å². The Morgan fingerprint density at radius 3 is 2.48 bits per heavy atom. The molecule has 0 bridgehead atoms. The maximum atomic E-state index is 13.2. The quantitative estimate of drug-likeness (QED) is 0.876. The van der Waals surface area contributed by atoms with Crippen LogP contribution in [0.1, 0.15) is 17.0 Å². The number of fused-ring (bicyclic) bond motifs is 2. The van der Waals surface area contributed by atoms with Crippen molar-refractivity contribution >= 4 is 0 Å². The van der Waals surface area contributed by atoms with Crippen molar-refractivity contribution < 1.29 is 18.6 Å². The van der Waals surface area contributed by atoms with Gasteiger partial charge in [0.15, 0.2) is 11.5 Å². The van der Waals surface area contributed by atoms with Gasteiger partial charge < -0.3 is 19.9 Å². The number of benzene rings is 2. The van der Waals surface area contributed by atoms with Crippen molar-refractivity contribution in [2.75, 3.05) is 6.79 Å². The first-order valence-corrected chi connectivity index (χ1v) is 6.94. The number of hydrogen-bond donors (Lipinski definition) is 1. The van der Waals surface area contributed by atoms with Crippen molar-refractivity contribution in [2.45, 2.75) is 5.92 Å². The Balaban J connectivity index is 1.92. The number of nitrogens with two attached hydrogens (primary N) is 1. The number of rotatable bonds is 1. The Morgan fingerprint density at radius 1 is 1.09 bits per heavy atom. The first-order chi connectivity index (χ1) is 11.2. The molecule has 2 aromatic carbocycles. The molecule has 2 heterocycles. The van der Waals surface area contributed by atoms with E-state index in [0.717, 1.165) is 11.1 Å². The summed E-state index contributed by atoms with van der Waals surface area (Å²) >= 11 is 0. The molecular formula is C17H11FN2O3. The highest BCUT2D eigenvalue weighted by Gasteiger charge is 2.33. The van der Waals surface area contributed by atoms with Gasteiger partial charge in [0, 0.05) is 11.6 Å². The van der Waals surface area contributed by atoms with Gasteiger partial charge in [0.25, 0.3) is 0 Å². The fourth-order valence-corrected chi connectivity index (χ4v) is 2.85. The molecule has 1 atom stereocenters. The molecule has 0 saturated carbocycles. The third-order valence-electron chi connectivity index (χ3n) is 3.91. The van der Waals surface area contributed by atoms with E-state index in [2.05, 4.69) is 6.07 Å². The molecule has 2 N–H and O–H groups in total. The summed E-state index contributed by atoms with van der Waals surface area (Å²) in [6, 6.07) is 11.5. The molecule has 0 radical (unpaired) electrons. The van der Waals surface area contributed by atoms with Crippen LogP contribution >= 0.6 is 0 Å². The third kappa shape index (κ3) is 2.06. The van der Waals surface area contributed by atoms with Crippen molar-refractivity contribution in [3.63, 3.8) is 0 Å². The minimum absolute atomic E-state index is 0.0354. The van der Waals surface area contributed by atoms with Crippen LogP contribution in [0.3, 0.4) is 0 Å². The summed E-state index contributed by atoms with van der Waals surface area (Å²) in [6.07, 6.45) is 0. The van der Waals surface area contributed by atoms with Crippen molar-refractivity contribution in [1.29, 1.82) is 5.26 Å². The summed E-state index contributed by atoms with van der Waals surface area (Å²) < 4.78 is 29.5. The van der Waals surface area contributed by atoms with Gasteiger partial charge in [0.05, 0.1) is 5.92 Å². The Bertz CT molecular complexity index is 869. The van der Waals surface area contributed by atoms with Crippen molar-refractivity contribution in [3.05, 3.63) is 64.8 Å². The fourth-order valence-electron chi connectivity index (χ4n) is 2.85. The number of nitrogens with zero attached hydrogens (tertiary/aromatic N) is 1. The van der Waals surface area contributed by atoms with Gasteiger partial charge in [-0.25, -0.2) is 4.39 Å². The molecule has 0 saturated heterocycles. The van der Waals surface area contributed by atoms with E-state index in [1.807, 2.05) is 0 Å². The minimum atomic E-state index is -0.446. The smallest absolute Gasteiger partial charge is 0.231 e. The van der Waals surface area contributed by atoms with Crippen LogP contribution in [-0.2, 0) is 0 Å². The zero-order valence-electron chi connectivity index (χ0n) is 11.9. The molecule has 23 heavy (non-hydrogen) atoms. The molecule has 2 aliphatic rings. The maximum Gasteiger partial charge on any atom is 0.231 e. The van der Waals surface area contributed by atoms with Crippen LogP contribution in [0, 0.1) is 17.1 Å². The summed E-state index contributed by atoms with van der Waals surface area (Å²) in [5, 5.41) is 9.47. The molecule has 0 fully saturated rings. The molecule has 5 nitrogen and oxygen atoms in total. The molecule has 114 valence electrons. The molecule has 0 spiro atoms. The highest BCUT2D eigenvalue weighted by atomic mass is 19.1. The number of ether oxygens (including phenoxy) is 3. The molecule has 2 aliphatic heterocycles. The lowest BCUT2D eigenvalue weighted by Crippen LogP contribution is -2.21. The molecule has 4 rings (SSSR count). The van der Waals surface area contributed by atoms with E-state index in [0.29, 0.717) is 17.2 Å². The zero-order valence-corrected chi connectivity index (χ0v) is 11.9. The van der Waals surface area contributed by atoms with Crippen LogP contribution in [0.15, 0.2) is 47.9 Å². The zero-order chi connectivity index (χ0) is 16.0. The second-order valence-electron chi connectivity index (χ2n) is 5.22. The lowest BCUT2D eigenvalue weighted by molar-refractivity contribution is 0.174. The lowest BCUT2D eigenvalue weighted by atomic mass is 9.83. The highest BCUT2D eigenvalue weighted by molar-refractivity contribution is 5.61. The van der Waals surface area contributed by atoms with Crippen LogP contribution in [0.2, 0.25) is 0 Å². The number of halogens is 1. The van der Waals surface area contributed by atoms with Crippen LogP contribution in [0.5, 0.6) is 17.2 Å². The summed E-state index contributed by atoms with van der Waals surface area (Å²) in [4.78, 5) is 0. The first kappa shape index (κ1) is 13.5. The van der Waals surface area contributed by atoms with Crippen LogP contribution < -0.4 is 19.9 Å². The third-order valence-corrected chi connectivity index (χ3v) is 3.91. The second kappa shape index (κ2) is 4.92. The Kier molecular flexibility index (Phi) is 2.88. The van der Waals surface area contributed by atoms with Gasteiger partial charge >= 0.3 is 0 Å². The molecule has 2 aromatic rings. The highest BCUT2D eigenvalue weighted by Crippen LogP contribution is 2.47. The lowest BCUT2D eigenvalue weighted by Gasteiger charge is -2.26. The SMILES string of the molecule is N#CC1=C(N)Oc2cc3c(cc2[C@H]1c1ccc(F)cc1)OCO3. The van der Waals surface area contributed by atoms with E-state index < -0.39 is 5.92 Å². The largest absolute Gasteiger partial charge is 0.454 e. The molecule has 6 heteroatoms. The second-order valence-corrected chi connectivity index (χ2v) is 5.22. The molecule has 0 amide bonds. The minimum Gasteiger partial charge on any atom is -0.454 e. The van der Waals surface area contributed by atoms with Crippen LogP contribution in [0.25, 0.3) is 0 Å². The van der Waals surface area contributed by atoms with Gasteiger partial charge in [-0.2, -0.15) is 5.26 Å². The predicted molar refractivity (Wildman–Crippen MR) is 78.3 cm³/mol. The standard InChI is InChI=1S/C17H11FN2O3/c18-10-3-1-9(2-4-10)16-11-5-14-15(22-8-21-14)6-13(11)23-17(20)12(16)7-19/h1-6,16H,8,20H2/t16-/m1/s1. The fraction of sp³-hybridized carbons (Fsp3) is 0.118. The normalized spacial score (nSPS) is 18.2. The van der Waals surface area contributed by atoms with Crippen molar-refractivity contribution in [3.8, 4) is 23.3 Å². The molecule has 0 aliphatic carbocycles. The maximum absolute atomic E-state index is 13.2. The van der Waals surface area contributed by atoms with E-state index in [1.54, 1.807) is 24.3 Å². The summed E-state index contributed by atoms with van der Waals surface area (Å²) in [5.41, 5.74) is 7.65. The van der Waals surface area contributed by atoms with E-state index in [4.69, 9.17) is 19.9 Å². The molecular weight excluding hydrogens is 299 g/mol. The average molecular weight is 310 g/mol. The van der Waals surface area contributed by atoms with Gasteiger partial charge in [-0.05, 0) is 23.8 Å². The van der Waals surface area contributed by atoms with E-state index in [-0.39, 0.29) is 24.1 Å². The topological polar surface area (TPSA) is 77.5 Å². The predicted octanol–water partition coefficient (Wildman–Crippen LogP) is 2.77. The van der Waals surface area contributed by atoms with Crippen LogP contribution in [0.4, 0.5) is 4.39 Å². The molecule has 0 unspecified atom stereocenters. The Hall–Kier alpha value is -3.20. The molecule has 0 aromatic heterocycles. The van der Waals surface area contributed by atoms with E-state index in [1.165, 1.54) is 12.1 Å². The average Bonchev–Trinajstić information content (AvgIpc) is 3.00. The number of allylic oxidation sites excluding steroid dienone is 1. The van der Waals surface area contributed by atoms with Crippen molar-refractivity contribution in [1.82, 2.24) is 0 Å². The summed E-state index contributed by atoms with van der Waals surface area (Å²) in [7, 11) is 0.